The number of anilines is 2. The van der Waals surface area contributed by atoms with Crippen molar-refractivity contribution in [1.29, 1.82) is 0 Å². The molecule has 0 bridgehead atoms. The Morgan fingerprint density at radius 2 is 1.73 bits per heavy atom. The van der Waals surface area contributed by atoms with Crippen molar-refractivity contribution in [3.05, 3.63) is 54.1 Å². The van der Waals surface area contributed by atoms with Crippen molar-refractivity contribution in [3.63, 3.8) is 0 Å². The summed E-state index contributed by atoms with van der Waals surface area (Å²) < 4.78 is 5.71. The number of aryl methyl sites for hydroxylation is 1. The number of amides is 2. The van der Waals surface area contributed by atoms with Crippen LogP contribution in [0.1, 0.15) is 19.4 Å². The Bertz CT molecular complexity index is 813. The molecule has 162 valence electrons. The molecule has 0 unspecified atom stereocenters. The number of carbonyl (C=O) groups is 1. The normalized spacial score (nSPS) is 20.6. The lowest BCUT2D eigenvalue weighted by atomic mass is 10.1. The molecular formula is C23H32N4O3. The zero-order valence-electron chi connectivity index (χ0n) is 17.9. The number of nitrogens with two attached hydrogens (primary N) is 1. The Kier molecular flexibility index (Phi) is 7.18. The molecule has 3 rings (SSSR count). The molecule has 0 spiro atoms. The van der Waals surface area contributed by atoms with Gasteiger partial charge in [-0.3, -0.25) is 4.90 Å². The third kappa shape index (κ3) is 5.87. The molecule has 3 atom stereocenters. The second-order valence-corrected chi connectivity index (χ2v) is 8.11. The number of urea groups is 1. The highest BCUT2D eigenvalue weighted by Crippen LogP contribution is 2.23. The molecule has 1 heterocycles. The van der Waals surface area contributed by atoms with Crippen LogP contribution < -0.4 is 20.7 Å². The third-order valence-corrected chi connectivity index (χ3v) is 5.49. The fourth-order valence-corrected chi connectivity index (χ4v) is 3.95. The Hall–Kier alpha value is -2.77. The van der Waals surface area contributed by atoms with E-state index >= 15 is 0 Å². The number of piperazine rings is 1. The minimum absolute atomic E-state index is 0.209. The Morgan fingerprint density at radius 3 is 2.30 bits per heavy atom. The van der Waals surface area contributed by atoms with Crippen molar-refractivity contribution in [1.82, 2.24) is 4.90 Å². The van der Waals surface area contributed by atoms with Crippen LogP contribution in [-0.2, 0) is 0 Å². The van der Waals surface area contributed by atoms with E-state index in [1.54, 1.807) is 24.3 Å². The van der Waals surface area contributed by atoms with Gasteiger partial charge in [-0.25, -0.2) is 4.79 Å². The highest BCUT2D eigenvalue weighted by Gasteiger charge is 2.30. The van der Waals surface area contributed by atoms with Crippen molar-refractivity contribution in [2.75, 3.05) is 36.5 Å². The molecule has 7 nitrogen and oxygen atoms in total. The van der Waals surface area contributed by atoms with Crippen LogP contribution in [0.3, 0.4) is 0 Å². The van der Waals surface area contributed by atoms with E-state index < -0.39 is 12.1 Å². The first-order chi connectivity index (χ1) is 14.3. The number of ether oxygens (including phenoxy) is 1. The minimum Gasteiger partial charge on any atom is -0.491 e. The topological polar surface area (TPSA) is 91.1 Å². The van der Waals surface area contributed by atoms with Crippen molar-refractivity contribution in [2.45, 2.75) is 39.0 Å². The summed E-state index contributed by atoms with van der Waals surface area (Å²) in [6, 6.07) is 15.6. The van der Waals surface area contributed by atoms with Gasteiger partial charge in [-0.2, -0.15) is 0 Å². The van der Waals surface area contributed by atoms with Crippen LogP contribution in [0.2, 0.25) is 0 Å². The van der Waals surface area contributed by atoms with Gasteiger partial charge in [0.2, 0.25) is 0 Å². The molecule has 4 N–H and O–H groups in total. The molecule has 0 aliphatic carbocycles. The van der Waals surface area contributed by atoms with E-state index in [4.69, 9.17) is 10.5 Å². The predicted octanol–water partition coefficient (Wildman–Crippen LogP) is 2.82. The van der Waals surface area contributed by atoms with Gasteiger partial charge in [-0.15, -0.1) is 0 Å². The molecule has 2 amide bonds. The van der Waals surface area contributed by atoms with E-state index in [-0.39, 0.29) is 6.61 Å². The molecule has 7 heteroatoms. The molecule has 0 saturated carbocycles. The van der Waals surface area contributed by atoms with Crippen LogP contribution in [0, 0.1) is 6.92 Å². The lowest BCUT2D eigenvalue weighted by Crippen LogP contribution is -2.58. The van der Waals surface area contributed by atoms with Crippen LogP contribution >= 0.6 is 0 Å². The number of rotatable bonds is 7. The van der Waals surface area contributed by atoms with Gasteiger partial charge in [0.25, 0.3) is 0 Å². The van der Waals surface area contributed by atoms with Crippen LogP contribution in [0.15, 0.2) is 48.5 Å². The predicted molar refractivity (Wildman–Crippen MR) is 120 cm³/mol. The maximum Gasteiger partial charge on any atom is 0.316 e. The molecule has 1 aliphatic heterocycles. The number of nitrogens with one attached hydrogen (secondary N) is 1. The summed E-state index contributed by atoms with van der Waals surface area (Å²) in [5.74, 6) is 0.634. The number of hydrogen-bond donors (Lipinski definition) is 3. The van der Waals surface area contributed by atoms with Gasteiger partial charge in [0.15, 0.2) is 0 Å². The molecule has 0 aromatic heterocycles. The number of β-amino-alcohol motifs (C(OH)–C–C–N with tert-alkyl or cyclic N) is 1. The molecule has 2 aromatic rings. The Labute approximate surface area is 178 Å². The van der Waals surface area contributed by atoms with Crippen LogP contribution in [0.4, 0.5) is 16.2 Å². The zero-order chi connectivity index (χ0) is 21.7. The van der Waals surface area contributed by atoms with Crippen LogP contribution in [-0.4, -0.2) is 60.5 Å². The summed E-state index contributed by atoms with van der Waals surface area (Å²) in [5, 5.41) is 13.0. The Morgan fingerprint density at radius 1 is 1.13 bits per heavy atom. The second-order valence-electron chi connectivity index (χ2n) is 8.11. The van der Waals surface area contributed by atoms with Crippen LogP contribution in [0.25, 0.3) is 0 Å². The first-order valence-electron chi connectivity index (χ1n) is 10.4. The second kappa shape index (κ2) is 9.82. The standard InChI is InChI=1S/C23H32N4O3/c1-16-4-8-20(9-5-16)26-12-17(2)27(18(3)13-26)14-21(28)15-30-22-10-6-19(7-11-22)25-23(24)29/h4-11,17-18,21,28H,12-15H2,1-3H3,(H3,24,25,29)/t17-,18+,21-/m0/s1. The Balaban J connectivity index is 1.49. The summed E-state index contributed by atoms with van der Waals surface area (Å²) >= 11 is 0. The number of benzene rings is 2. The first kappa shape index (κ1) is 21.9. The fourth-order valence-electron chi connectivity index (χ4n) is 3.95. The number of primary amides is 1. The lowest BCUT2D eigenvalue weighted by Gasteiger charge is -2.46. The van der Waals surface area contributed by atoms with E-state index in [1.807, 2.05) is 0 Å². The van der Waals surface area contributed by atoms with Gasteiger partial charge < -0.3 is 25.8 Å². The number of aliphatic hydroxyl groups is 1. The maximum atomic E-state index is 10.9. The van der Waals surface area contributed by atoms with E-state index in [1.165, 1.54) is 11.3 Å². The monoisotopic (exact) mass is 412 g/mol. The average Bonchev–Trinajstić information content (AvgIpc) is 2.70. The number of carbonyl (C=O) groups excluding carboxylic acids is 1. The SMILES string of the molecule is Cc1ccc(N2C[C@@H](C)N(C[C@H](O)COc3ccc(NC(N)=O)cc3)[C@@H](C)C2)cc1. The molecule has 1 aliphatic rings. The number of nitrogens with zero attached hydrogens (tertiary/aromatic N) is 2. The van der Waals surface area contributed by atoms with Crippen molar-refractivity contribution in [3.8, 4) is 5.75 Å². The molecule has 1 fully saturated rings. The van der Waals surface area contributed by atoms with E-state index in [2.05, 4.69) is 60.2 Å². The van der Waals surface area contributed by atoms with Crippen molar-refractivity contribution < 1.29 is 14.6 Å². The molecule has 2 aromatic carbocycles. The maximum absolute atomic E-state index is 10.9. The van der Waals surface area contributed by atoms with Crippen molar-refractivity contribution >= 4 is 17.4 Å². The molecule has 1 saturated heterocycles. The first-order valence-corrected chi connectivity index (χ1v) is 10.4. The van der Waals surface area contributed by atoms with E-state index in [9.17, 15) is 9.90 Å². The average molecular weight is 413 g/mol. The van der Waals surface area contributed by atoms with E-state index in [0.29, 0.717) is 30.1 Å². The largest absolute Gasteiger partial charge is 0.491 e. The lowest BCUT2D eigenvalue weighted by molar-refractivity contribution is 0.0318. The molecular weight excluding hydrogens is 380 g/mol. The minimum atomic E-state index is -0.607. The summed E-state index contributed by atoms with van der Waals surface area (Å²) in [4.78, 5) is 15.6. The smallest absolute Gasteiger partial charge is 0.316 e. The molecule has 30 heavy (non-hydrogen) atoms. The van der Waals surface area contributed by atoms with Gasteiger partial charge in [-0.1, -0.05) is 17.7 Å². The summed E-state index contributed by atoms with van der Waals surface area (Å²) in [6.07, 6.45) is -0.593. The highest BCUT2D eigenvalue weighted by molar-refractivity contribution is 5.87. The van der Waals surface area contributed by atoms with Gasteiger partial charge in [0, 0.05) is 43.1 Å². The fraction of sp³-hybridized carbons (Fsp3) is 0.435. The quantitative estimate of drug-likeness (QED) is 0.651. The van der Waals surface area contributed by atoms with Gasteiger partial charge in [0.05, 0.1) is 0 Å². The third-order valence-electron chi connectivity index (χ3n) is 5.49. The van der Waals surface area contributed by atoms with Gasteiger partial charge in [0.1, 0.15) is 18.5 Å². The number of hydrogen-bond acceptors (Lipinski definition) is 5. The zero-order valence-corrected chi connectivity index (χ0v) is 17.9. The summed E-state index contributed by atoms with van der Waals surface area (Å²) in [7, 11) is 0. The highest BCUT2D eigenvalue weighted by atomic mass is 16.5. The van der Waals surface area contributed by atoms with E-state index in [0.717, 1.165) is 13.1 Å². The summed E-state index contributed by atoms with van der Waals surface area (Å²) in [6.45, 7) is 9.13. The van der Waals surface area contributed by atoms with Gasteiger partial charge >= 0.3 is 6.03 Å². The van der Waals surface area contributed by atoms with Gasteiger partial charge in [-0.05, 0) is 57.2 Å². The molecule has 0 radical (unpaired) electrons. The number of aliphatic hydroxyl groups excluding tert-OH is 1. The van der Waals surface area contributed by atoms with Crippen molar-refractivity contribution in [2.24, 2.45) is 5.73 Å². The summed E-state index contributed by atoms with van der Waals surface area (Å²) in [5.41, 5.74) is 8.21. The van der Waals surface area contributed by atoms with Crippen LogP contribution in [0.5, 0.6) is 5.75 Å².